The van der Waals surface area contributed by atoms with Gasteiger partial charge in [-0.3, -0.25) is 53.3 Å². The van der Waals surface area contributed by atoms with Crippen molar-refractivity contribution >= 4 is 76.0 Å². The number of nitrogen functional groups attached to an aromatic ring is 1. The first-order valence-corrected chi connectivity index (χ1v) is 24.3. The van der Waals surface area contributed by atoms with Gasteiger partial charge in [0.2, 0.25) is 0 Å². The Balaban J connectivity index is 0.000000239. The standard InChI is InChI=1S/C31H29N5O9.C23H25N5O7/c1-35(17-24(37)44-18-19-6-3-2-4-7-19)29(40)21-8-5-9-23(16-21)36-14-15-43-26(30(36)41)25(38)28(39)32-22-12-10-20(11-13-22)27-33-31(42)45-34-27;1-27(12-17(29)30)22(33)14-3-2-4-16(11-14)28-9-10-35-19(23(28)34)18(31)21(32)26-15-7-5-13(6-8-15)20(24)25/h2-13,16,25-26,38H,14-15,17-18H2,1H3,(H,32,39)(H,33,34,42);2-8,11,18-19,31H,9-10,12H2,1H3,(H3,24,25)(H,26,32)(H,29,30)/t25-,26-;18-,19-/m11/s1. The summed E-state index contributed by atoms with van der Waals surface area (Å²) in [6, 6.07) is 33.7. The third-order valence-corrected chi connectivity index (χ3v) is 12.2. The fourth-order valence-corrected chi connectivity index (χ4v) is 8.06. The molecule has 0 unspecified atom stereocenters. The van der Waals surface area contributed by atoms with Crippen LogP contribution in [-0.2, 0) is 49.6 Å². The maximum absolute atomic E-state index is 13.3. The molecule has 80 heavy (non-hydrogen) atoms. The van der Waals surface area contributed by atoms with Crippen molar-refractivity contribution < 1.29 is 72.4 Å². The van der Waals surface area contributed by atoms with Crippen molar-refractivity contribution in [2.45, 2.75) is 31.0 Å². The van der Waals surface area contributed by atoms with Crippen molar-refractivity contribution in [2.75, 3.05) is 73.9 Å². The molecule has 4 atom stereocenters. The normalized spacial score (nSPS) is 15.8. The minimum absolute atomic E-state index is 0.0245. The number of rotatable bonds is 18. The highest BCUT2D eigenvalue weighted by Crippen LogP contribution is 2.26. The van der Waals surface area contributed by atoms with Gasteiger partial charge in [-0.2, -0.15) is 0 Å². The summed E-state index contributed by atoms with van der Waals surface area (Å²) in [6.45, 7) is -0.381. The molecule has 2 aliphatic rings. The summed E-state index contributed by atoms with van der Waals surface area (Å²) in [5.74, 6) is -6.46. The van der Waals surface area contributed by atoms with Gasteiger partial charge in [-0.25, -0.2) is 4.79 Å². The molecule has 2 saturated heterocycles. The summed E-state index contributed by atoms with van der Waals surface area (Å²) in [5.41, 5.74) is 8.93. The van der Waals surface area contributed by atoms with Crippen LogP contribution < -0.4 is 31.9 Å². The number of ether oxygens (including phenoxy) is 3. The number of aliphatic carboxylic acids is 1. The molecular formula is C54H54N10O16. The van der Waals surface area contributed by atoms with Gasteiger partial charge in [0.25, 0.3) is 35.4 Å². The van der Waals surface area contributed by atoms with Crippen LogP contribution in [0.2, 0.25) is 0 Å². The SMILES string of the molecule is CN(CC(=O)O)C(=O)c1cccc(N2CCO[C@H]([C@@H](O)C(=O)Nc3ccc(C(=N)N)cc3)C2=O)c1.CN(CC(=O)OCc1ccccc1)C(=O)c1cccc(N2CCO[C@H]([C@@H](O)C(=O)Nc3ccc(-c4noc(=O)[nH]4)cc3)C2=O)c1. The van der Waals surface area contributed by atoms with Crippen LogP contribution in [0.5, 0.6) is 0 Å². The molecule has 0 spiro atoms. The topological polar surface area (TPSA) is 371 Å². The number of amidine groups is 1. The van der Waals surface area contributed by atoms with E-state index < -0.39 is 84.1 Å². The molecule has 0 bridgehead atoms. The van der Waals surface area contributed by atoms with E-state index in [-0.39, 0.29) is 62.2 Å². The molecule has 2 aliphatic heterocycles. The summed E-state index contributed by atoms with van der Waals surface area (Å²) in [7, 11) is 2.81. The van der Waals surface area contributed by atoms with Crippen LogP contribution in [0.15, 0.2) is 137 Å². The smallest absolute Gasteiger partial charge is 0.439 e. The summed E-state index contributed by atoms with van der Waals surface area (Å²) in [6.07, 6.45) is -6.64. The summed E-state index contributed by atoms with van der Waals surface area (Å²) < 4.78 is 20.6. The van der Waals surface area contributed by atoms with Crippen LogP contribution in [0.1, 0.15) is 31.8 Å². The van der Waals surface area contributed by atoms with Gasteiger partial charge in [0, 0.05) is 72.2 Å². The number of benzene rings is 5. The number of aromatic nitrogens is 2. The number of nitrogens with zero attached hydrogens (tertiary/aromatic N) is 5. The molecule has 26 heteroatoms. The van der Waals surface area contributed by atoms with Crippen molar-refractivity contribution in [1.29, 1.82) is 5.41 Å². The minimum atomic E-state index is -1.84. The number of carbonyl (C=O) groups excluding carboxylic acids is 7. The Bertz CT molecular complexity index is 3320. The molecular weight excluding hydrogens is 1040 g/mol. The third-order valence-electron chi connectivity index (χ3n) is 12.2. The summed E-state index contributed by atoms with van der Waals surface area (Å²) in [5, 5.41) is 46.2. The Morgan fingerprint density at radius 2 is 1.19 bits per heavy atom. The molecule has 8 rings (SSSR count). The highest BCUT2D eigenvalue weighted by atomic mass is 16.5. The second-order valence-electron chi connectivity index (χ2n) is 17.9. The van der Waals surface area contributed by atoms with Crippen LogP contribution >= 0.6 is 0 Å². The van der Waals surface area contributed by atoms with Gasteiger partial charge in [0.05, 0.1) is 13.2 Å². The fraction of sp³-hybridized carbons (Fsp3) is 0.241. The number of hydrogen-bond acceptors (Lipinski definition) is 17. The highest BCUT2D eigenvalue weighted by molar-refractivity contribution is 6.06. The van der Waals surface area contributed by atoms with E-state index in [0.29, 0.717) is 33.9 Å². The van der Waals surface area contributed by atoms with Gasteiger partial charge in [0.1, 0.15) is 25.5 Å². The monoisotopic (exact) mass is 1100 g/mol. The Hall–Kier alpha value is -9.89. The number of aliphatic hydroxyl groups is 2. The predicted octanol–water partition coefficient (Wildman–Crippen LogP) is 1.44. The lowest BCUT2D eigenvalue weighted by atomic mass is 10.1. The second-order valence-corrected chi connectivity index (χ2v) is 17.9. The molecule has 5 aromatic carbocycles. The molecule has 6 aromatic rings. The first-order chi connectivity index (χ1) is 38.3. The van der Waals surface area contributed by atoms with E-state index >= 15 is 0 Å². The first kappa shape index (κ1) is 57.8. The summed E-state index contributed by atoms with van der Waals surface area (Å²) in [4.78, 5) is 119. The number of nitrogens with one attached hydrogen (secondary N) is 4. The average Bonchev–Trinajstić information content (AvgIpc) is 3.93. The number of carboxylic acids is 1. The number of anilines is 4. The van der Waals surface area contributed by atoms with Gasteiger partial charge in [-0.05, 0) is 90.5 Å². The molecule has 3 heterocycles. The lowest BCUT2D eigenvalue weighted by Gasteiger charge is -2.34. The Kier molecular flexibility index (Phi) is 19.1. The zero-order valence-corrected chi connectivity index (χ0v) is 42.8. The highest BCUT2D eigenvalue weighted by Gasteiger charge is 2.41. The lowest BCUT2D eigenvalue weighted by molar-refractivity contribution is -0.150. The van der Waals surface area contributed by atoms with E-state index in [4.69, 9.17) is 30.5 Å². The Labute approximate surface area is 454 Å². The van der Waals surface area contributed by atoms with E-state index in [1.54, 1.807) is 42.5 Å². The Morgan fingerprint density at radius 3 is 1.65 bits per heavy atom. The maximum Gasteiger partial charge on any atom is 0.439 e. The van der Waals surface area contributed by atoms with Crippen LogP contribution in [0.25, 0.3) is 11.4 Å². The third kappa shape index (κ3) is 14.8. The first-order valence-electron chi connectivity index (χ1n) is 24.3. The summed E-state index contributed by atoms with van der Waals surface area (Å²) >= 11 is 0. The zero-order valence-electron chi connectivity index (χ0n) is 42.8. The number of likely N-dealkylation sites (N-methyl/N-ethyl adjacent to an activating group) is 2. The van der Waals surface area contributed by atoms with Gasteiger partial charge in [0.15, 0.2) is 30.2 Å². The van der Waals surface area contributed by atoms with E-state index in [1.807, 2.05) is 30.3 Å². The number of H-pyrrole nitrogens is 1. The molecule has 0 radical (unpaired) electrons. The van der Waals surface area contributed by atoms with Gasteiger partial charge in [-0.15, -0.1) is 0 Å². The molecule has 2 fully saturated rings. The number of amides is 6. The quantitative estimate of drug-likeness (QED) is 0.0343. The number of esters is 1. The van der Waals surface area contributed by atoms with Gasteiger partial charge >= 0.3 is 17.7 Å². The van der Waals surface area contributed by atoms with Crippen molar-refractivity contribution in [1.82, 2.24) is 19.9 Å². The van der Waals surface area contributed by atoms with Gasteiger partial charge < -0.3 is 65.5 Å². The van der Waals surface area contributed by atoms with Crippen LogP contribution in [0.3, 0.4) is 0 Å². The van der Waals surface area contributed by atoms with Crippen LogP contribution in [-0.4, -0.2) is 166 Å². The molecule has 6 amide bonds. The van der Waals surface area contributed by atoms with E-state index in [9.17, 15) is 53.4 Å². The van der Waals surface area contributed by atoms with Crippen LogP contribution in [0.4, 0.5) is 22.7 Å². The number of hydrogen-bond donors (Lipinski definition) is 8. The molecule has 26 nitrogen and oxygen atoms in total. The second kappa shape index (κ2) is 26.4. The molecule has 1 aromatic heterocycles. The van der Waals surface area contributed by atoms with Crippen molar-refractivity contribution in [3.8, 4) is 11.4 Å². The maximum atomic E-state index is 13.3. The van der Waals surface area contributed by atoms with Gasteiger partial charge in [-0.1, -0.05) is 47.6 Å². The molecule has 9 N–H and O–H groups in total. The fourth-order valence-electron chi connectivity index (χ4n) is 8.06. The predicted molar refractivity (Wildman–Crippen MR) is 284 cm³/mol. The van der Waals surface area contributed by atoms with E-state index in [1.165, 1.54) is 83.4 Å². The Morgan fingerprint density at radius 1 is 0.700 bits per heavy atom. The van der Waals surface area contributed by atoms with Crippen LogP contribution in [0, 0.1) is 5.41 Å². The number of morpholine rings is 2. The van der Waals surface area contributed by atoms with E-state index in [0.717, 1.165) is 10.5 Å². The molecule has 0 aliphatic carbocycles. The number of nitrogens with two attached hydrogens (primary N) is 1. The number of carboxylic acid groups (broad SMARTS) is 1. The lowest BCUT2D eigenvalue weighted by Crippen LogP contribution is -2.55. The molecule has 0 saturated carbocycles. The largest absolute Gasteiger partial charge is 0.480 e. The number of aliphatic hydroxyl groups excluding tert-OH is 2. The number of aromatic amines is 1. The van der Waals surface area contributed by atoms with Crippen molar-refractivity contribution in [3.05, 3.63) is 160 Å². The molecule has 416 valence electrons. The van der Waals surface area contributed by atoms with Crippen molar-refractivity contribution in [2.24, 2.45) is 5.73 Å². The van der Waals surface area contributed by atoms with E-state index in [2.05, 4.69) is 25.3 Å². The zero-order chi connectivity index (χ0) is 57.6. The average molecular weight is 1100 g/mol. The number of carbonyl (C=O) groups is 8. The minimum Gasteiger partial charge on any atom is -0.480 e. The van der Waals surface area contributed by atoms with Crippen molar-refractivity contribution in [3.63, 3.8) is 0 Å².